The average Bonchev–Trinajstić information content (AvgIpc) is 2.05. The lowest BCUT2D eigenvalue weighted by Gasteiger charge is -2.10. The van der Waals surface area contributed by atoms with Crippen molar-refractivity contribution in [2.45, 2.75) is 0 Å². The highest BCUT2D eigenvalue weighted by Crippen LogP contribution is 2.20. The summed E-state index contributed by atoms with van der Waals surface area (Å²) in [6, 6.07) is 0. The standard InChI is InChI=1S/C8H6O2/c1-3-9-6-8-2-4-10-5-7(1)8/h1-6H. The van der Waals surface area contributed by atoms with Gasteiger partial charge in [0.15, 0.2) is 0 Å². The molecule has 0 aromatic heterocycles. The minimum absolute atomic E-state index is 1.05. The van der Waals surface area contributed by atoms with E-state index in [4.69, 9.17) is 9.47 Å². The molecule has 0 saturated carbocycles. The molecule has 50 valence electrons. The molecule has 0 radical (unpaired) electrons. The lowest BCUT2D eigenvalue weighted by Crippen LogP contribution is -1.94. The molecule has 2 heteroatoms. The Kier molecular flexibility index (Phi) is 1.10. The SMILES string of the molecule is C1=CC2=COC=CC2=CO1. The molecule has 0 amide bonds. The summed E-state index contributed by atoms with van der Waals surface area (Å²) in [7, 11) is 0. The van der Waals surface area contributed by atoms with Gasteiger partial charge in [-0.25, -0.2) is 0 Å². The Hall–Kier alpha value is -1.44. The predicted molar refractivity (Wildman–Crippen MR) is 36.6 cm³/mol. The van der Waals surface area contributed by atoms with Crippen molar-refractivity contribution in [3.05, 3.63) is 48.3 Å². The number of ether oxygens (including phenoxy) is 2. The van der Waals surface area contributed by atoms with Crippen LogP contribution < -0.4 is 0 Å². The van der Waals surface area contributed by atoms with Gasteiger partial charge in [0, 0.05) is 11.1 Å². The first-order valence-corrected chi connectivity index (χ1v) is 3.01. The van der Waals surface area contributed by atoms with Gasteiger partial charge in [-0.05, 0) is 12.2 Å². The fourth-order valence-corrected chi connectivity index (χ4v) is 0.857. The zero-order valence-corrected chi connectivity index (χ0v) is 5.28. The van der Waals surface area contributed by atoms with Crippen LogP contribution in [0.25, 0.3) is 0 Å². The van der Waals surface area contributed by atoms with E-state index >= 15 is 0 Å². The summed E-state index contributed by atoms with van der Waals surface area (Å²) in [6.07, 6.45) is 10.3. The van der Waals surface area contributed by atoms with E-state index in [9.17, 15) is 0 Å². The average molecular weight is 134 g/mol. The van der Waals surface area contributed by atoms with E-state index < -0.39 is 0 Å². The Balaban J connectivity index is 2.38. The zero-order valence-electron chi connectivity index (χ0n) is 5.28. The number of fused-ring (bicyclic) bond motifs is 1. The number of hydrogen-bond acceptors (Lipinski definition) is 2. The second-order valence-electron chi connectivity index (χ2n) is 2.02. The molecule has 0 N–H and O–H groups in total. The molecular weight excluding hydrogens is 128 g/mol. The van der Waals surface area contributed by atoms with Crippen molar-refractivity contribution in [3.63, 3.8) is 0 Å². The minimum Gasteiger partial charge on any atom is -0.472 e. The van der Waals surface area contributed by atoms with Crippen LogP contribution in [-0.2, 0) is 9.47 Å². The highest BCUT2D eigenvalue weighted by atomic mass is 16.5. The zero-order chi connectivity index (χ0) is 6.81. The van der Waals surface area contributed by atoms with Crippen molar-refractivity contribution in [1.29, 1.82) is 0 Å². The number of allylic oxidation sites excluding steroid dienone is 4. The van der Waals surface area contributed by atoms with Gasteiger partial charge in [-0.1, -0.05) is 0 Å². The highest BCUT2D eigenvalue weighted by molar-refractivity contribution is 5.47. The second kappa shape index (κ2) is 2.06. The summed E-state index contributed by atoms with van der Waals surface area (Å²) in [5.41, 5.74) is 2.10. The summed E-state index contributed by atoms with van der Waals surface area (Å²) in [4.78, 5) is 0. The lowest BCUT2D eigenvalue weighted by molar-refractivity contribution is 0.376. The normalized spacial score (nSPS) is 20.0. The molecule has 2 heterocycles. The summed E-state index contributed by atoms with van der Waals surface area (Å²) in [5.74, 6) is 0. The molecule has 2 aliphatic rings. The molecular formula is C8H6O2. The molecule has 0 spiro atoms. The van der Waals surface area contributed by atoms with Crippen molar-refractivity contribution in [2.75, 3.05) is 0 Å². The first-order chi connectivity index (χ1) is 4.97. The summed E-state index contributed by atoms with van der Waals surface area (Å²) in [5, 5.41) is 0. The highest BCUT2D eigenvalue weighted by Gasteiger charge is 2.06. The molecule has 0 aromatic rings. The van der Waals surface area contributed by atoms with Crippen LogP contribution in [0.4, 0.5) is 0 Å². The van der Waals surface area contributed by atoms with Gasteiger partial charge in [-0.15, -0.1) is 0 Å². The third kappa shape index (κ3) is 0.739. The predicted octanol–water partition coefficient (Wildman–Crippen LogP) is 1.84. The maximum absolute atomic E-state index is 4.95. The van der Waals surface area contributed by atoms with E-state index in [1.165, 1.54) is 0 Å². The molecule has 2 aliphatic heterocycles. The smallest absolute Gasteiger partial charge is 0.0982 e. The van der Waals surface area contributed by atoms with E-state index in [0.29, 0.717) is 0 Å². The van der Waals surface area contributed by atoms with Crippen LogP contribution in [0.5, 0.6) is 0 Å². The van der Waals surface area contributed by atoms with Crippen LogP contribution in [0.1, 0.15) is 0 Å². The van der Waals surface area contributed by atoms with Gasteiger partial charge in [0.1, 0.15) is 0 Å². The summed E-state index contributed by atoms with van der Waals surface area (Å²) < 4.78 is 9.90. The van der Waals surface area contributed by atoms with Gasteiger partial charge in [0.2, 0.25) is 0 Å². The van der Waals surface area contributed by atoms with Gasteiger partial charge >= 0.3 is 0 Å². The molecule has 10 heavy (non-hydrogen) atoms. The fraction of sp³-hybridized carbons (Fsp3) is 0. The van der Waals surface area contributed by atoms with Gasteiger partial charge < -0.3 is 9.47 Å². The van der Waals surface area contributed by atoms with Gasteiger partial charge in [0.25, 0.3) is 0 Å². The second-order valence-corrected chi connectivity index (χ2v) is 2.02. The fourth-order valence-electron chi connectivity index (χ4n) is 0.857. The maximum Gasteiger partial charge on any atom is 0.0982 e. The van der Waals surface area contributed by atoms with Crippen molar-refractivity contribution in [2.24, 2.45) is 0 Å². The lowest BCUT2D eigenvalue weighted by atomic mass is 10.1. The minimum atomic E-state index is 1.05. The van der Waals surface area contributed by atoms with Gasteiger partial charge in [0.05, 0.1) is 25.0 Å². The van der Waals surface area contributed by atoms with Crippen LogP contribution in [-0.4, -0.2) is 0 Å². The molecule has 2 rings (SSSR count). The Morgan fingerprint density at radius 2 is 1.30 bits per heavy atom. The largest absolute Gasteiger partial charge is 0.472 e. The van der Waals surface area contributed by atoms with Crippen molar-refractivity contribution in [3.8, 4) is 0 Å². The maximum atomic E-state index is 4.95. The van der Waals surface area contributed by atoms with Gasteiger partial charge in [-0.2, -0.15) is 0 Å². The van der Waals surface area contributed by atoms with E-state index in [1.54, 1.807) is 25.0 Å². The first kappa shape index (κ1) is 5.35. The topological polar surface area (TPSA) is 18.5 Å². The third-order valence-corrected chi connectivity index (χ3v) is 1.38. The van der Waals surface area contributed by atoms with Crippen molar-refractivity contribution >= 4 is 0 Å². The molecule has 0 fully saturated rings. The summed E-state index contributed by atoms with van der Waals surface area (Å²) in [6.45, 7) is 0. The first-order valence-electron chi connectivity index (χ1n) is 3.01. The molecule has 0 bridgehead atoms. The molecule has 0 aromatic carbocycles. The Labute approximate surface area is 58.8 Å². The van der Waals surface area contributed by atoms with Gasteiger partial charge in [-0.3, -0.25) is 0 Å². The molecule has 0 atom stereocenters. The van der Waals surface area contributed by atoms with Crippen LogP contribution in [0, 0.1) is 0 Å². The van der Waals surface area contributed by atoms with E-state index in [2.05, 4.69) is 0 Å². The number of hydrogen-bond donors (Lipinski definition) is 0. The van der Waals surface area contributed by atoms with Crippen molar-refractivity contribution in [1.82, 2.24) is 0 Å². The monoisotopic (exact) mass is 134 g/mol. The molecule has 0 unspecified atom stereocenters. The Morgan fingerprint density at radius 1 is 0.800 bits per heavy atom. The van der Waals surface area contributed by atoms with E-state index in [-0.39, 0.29) is 0 Å². The summed E-state index contributed by atoms with van der Waals surface area (Å²) >= 11 is 0. The van der Waals surface area contributed by atoms with Crippen LogP contribution >= 0.6 is 0 Å². The van der Waals surface area contributed by atoms with Crippen molar-refractivity contribution < 1.29 is 9.47 Å². The van der Waals surface area contributed by atoms with Crippen LogP contribution in [0.15, 0.2) is 48.3 Å². The van der Waals surface area contributed by atoms with Crippen LogP contribution in [0.3, 0.4) is 0 Å². The van der Waals surface area contributed by atoms with E-state index in [1.807, 2.05) is 12.2 Å². The molecule has 2 nitrogen and oxygen atoms in total. The van der Waals surface area contributed by atoms with Crippen LogP contribution in [0.2, 0.25) is 0 Å². The molecule has 0 aliphatic carbocycles. The quantitative estimate of drug-likeness (QED) is 0.503. The third-order valence-electron chi connectivity index (χ3n) is 1.38. The number of rotatable bonds is 0. The Bertz CT molecular complexity index is 228. The molecule has 0 saturated heterocycles. The van der Waals surface area contributed by atoms with E-state index in [0.717, 1.165) is 11.1 Å². The Morgan fingerprint density at radius 3 is 1.80 bits per heavy atom.